The minimum absolute atomic E-state index is 0.264. The molecule has 0 radical (unpaired) electrons. The highest BCUT2D eigenvalue weighted by Crippen LogP contribution is 2.31. The molecule has 0 saturated heterocycles. The Kier molecular flexibility index (Phi) is 4.53. The van der Waals surface area contributed by atoms with Gasteiger partial charge in [-0.15, -0.1) is 0 Å². The number of methoxy groups -OCH3 is 1. The maximum atomic E-state index is 12.6. The van der Waals surface area contributed by atoms with Gasteiger partial charge in [0.1, 0.15) is 11.4 Å². The number of halogens is 1. The minimum atomic E-state index is -0.264. The van der Waals surface area contributed by atoms with Crippen LogP contribution in [-0.4, -0.2) is 23.2 Å². The average molecular weight is 342 g/mol. The third-order valence-corrected chi connectivity index (χ3v) is 3.87. The molecule has 0 unspecified atom stereocenters. The molecular formula is C18H16ClN3O2. The molecule has 24 heavy (non-hydrogen) atoms. The molecule has 3 rings (SSSR count). The first-order chi connectivity index (χ1) is 11.6. The van der Waals surface area contributed by atoms with Crippen LogP contribution in [-0.2, 0) is 0 Å². The molecule has 3 aromatic rings. The molecule has 2 N–H and O–H groups in total. The van der Waals surface area contributed by atoms with Crippen LogP contribution in [0.25, 0.3) is 11.3 Å². The highest BCUT2D eigenvalue weighted by molar-refractivity contribution is 6.30. The molecule has 1 heterocycles. The van der Waals surface area contributed by atoms with Crippen molar-refractivity contribution < 1.29 is 9.53 Å². The molecule has 0 aliphatic heterocycles. The van der Waals surface area contributed by atoms with Gasteiger partial charge in [-0.2, -0.15) is 5.10 Å². The van der Waals surface area contributed by atoms with Gasteiger partial charge in [0, 0.05) is 10.6 Å². The molecule has 0 atom stereocenters. The molecule has 0 aliphatic rings. The Hall–Kier alpha value is -2.79. The van der Waals surface area contributed by atoms with Gasteiger partial charge in [0.2, 0.25) is 0 Å². The van der Waals surface area contributed by atoms with E-state index in [9.17, 15) is 4.79 Å². The largest absolute Gasteiger partial charge is 0.496 e. The number of ether oxygens (including phenoxy) is 1. The first-order valence-electron chi connectivity index (χ1n) is 7.35. The second kappa shape index (κ2) is 6.76. The van der Waals surface area contributed by atoms with Crippen LogP contribution in [0.4, 0.5) is 5.69 Å². The summed E-state index contributed by atoms with van der Waals surface area (Å²) in [4.78, 5) is 12.6. The van der Waals surface area contributed by atoms with Crippen LogP contribution in [0.2, 0.25) is 5.02 Å². The van der Waals surface area contributed by atoms with E-state index in [1.54, 1.807) is 30.3 Å². The molecule has 5 nitrogen and oxygen atoms in total. The summed E-state index contributed by atoms with van der Waals surface area (Å²) in [6, 6.07) is 14.4. The van der Waals surface area contributed by atoms with Crippen molar-refractivity contribution in [1.82, 2.24) is 10.2 Å². The van der Waals surface area contributed by atoms with Crippen molar-refractivity contribution >= 4 is 23.2 Å². The number of para-hydroxylation sites is 1. The quantitative estimate of drug-likeness (QED) is 0.743. The highest BCUT2D eigenvalue weighted by atomic mass is 35.5. The molecule has 0 spiro atoms. The van der Waals surface area contributed by atoms with E-state index in [0.717, 1.165) is 11.3 Å². The lowest BCUT2D eigenvalue weighted by atomic mass is 10.1. The Morgan fingerprint density at radius 2 is 2.00 bits per heavy atom. The van der Waals surface area contributed by atoms with Crippen molar-refractivity contribution in [2.24, 2.45) is 0 Å². The van der Waals surface area contributed by atoms with E-state index in [2.05, 4.69) is 15.5 Å². The smallest absolute Gasteiger partial charge is 0.259 e. The molecule has 0 bridgehead atoms. The average Bonchev–Trinajstić information content (AvgIpc) is 2.95. The SMILES string of the molecule is COc1ccccc1C(=O)Nc1c(-c2cccc(Cl)c2)n[nH]c1C. The topological polar surface area (TPSA) is 67.0 Å². The van der Waals surface area contributed by atoms with Crippen LogP contribution in [0.15, 0.2) is 48.5 Å². The van der Waals surface area contributed by atoms with E-state index in [1.165, 1.54) is 7.11 Å². The zero-order chi connectivity index (χ0) is 17.1. The third-order valence-electron chi connectivity index (χ3n) is 3.64. The first-order valence-corrected chi connectivity index (χ1v) is 7.73. The van der Waals surface area contributed by atoms with Crippen LogP contribution in [0.5, 0.6) is 5.75 Å². The van der Waals surface area contributed by atoms with Crippen molar-refractivity contribution in [2.45, 2.75) is 6.92 Å². The standard InChI is InChI=1S/C18H16ClN3O2/c1-11-16(17(22-21-11)12-6-5-7-13(19)10-12)20-18(23)14-8-3-4-9-15(14)24-2/h3-10H,1-2H3,(H,20,23)(H,21,22). The van der Waals surface area contributed by atoms with Crippen LogP contribution in [0.3, 0.4) is 0 Å². The number of nitrogens with zero attached hydrogens (tertiary/aromatic N) is 1. The highest BCUT2D eigenvalue weighted by Gasteiger charge is 2.18. The van der Waals surface area contributed by atoms with Gasteiger partial charge < -0.3 is 10.1 Å². The van der Waals surface area contributed by atoms with Gasteiger partial charge in [-0.3, -0.25) is 9.89 Å². The minimum Gasteiger partial charge on any atom is -0.496 e. The molecule has 122 valence electrons. The monoisotopic (exact) mass is 341 g/mol. The predicted molar refractivity (Wildman–Crippen MR) is 94.7 cm³/mol. The Balaban J connectivity index is 1.96. The Morgan fingerprint density at radius 1 is 1.21 bits per heavy atom. The lowest BCUT2D eigenvalue weighted by molar-refractivity contribution is 0.102. The van der Waals surface area contributed by atoms with Gasteiger partial charge in [-0.05, 0) is 31.2 Å². The lowest BCUT2D eigenvalue weighted by Gasteiger charge is -2.10. The van der Waals surface area contributed by atoms with E-state index < -0.39 is 0 Å². The number of aromatic amines is 1. The fourth-order valence-corrected chi connectivity index (χ4v) is 2.63. The number of anilines is 1. The fourth-order valence-electron chi connectivity index (χ4n) is 2.44. The summed E-state index contributed by atoms with van der Waals surface area (Å²) in [5.74, 6) is 0.251. The van der Waals surface area contributed by atoms with E-state index in [4.69, 9.17) is 16.3 Å². The van der Waals surface area contributed by atoms with Gasteiger partial charge >= 0.3 is 0 Å². The van der Waals surface area contributed by atoms with Crippen LogP contribution in [0, 0.1) is 6.92 Å². The van der Waals surface area contributed by atoms with E-state index in [0.29, 0.717) is 27.7 Å². The van der Waals surface area contributed by atoms with Crippen molar-refractivity contribution in [2.75, 3.05) is 12.4 Å². The number of hydrogen-bond acceptors (Lipinski definition) is 3. The number of amides is 1. The summed E-state index contributed by atoms with van der Waals surface area (Å²) >= 11 is 6.05. The summed E-state index contributed by atoms with van der Waals surface area (Å²) in [7, 11) is 1.53. The van der Waals surface area contributed by atoms with Gasteiger partial charge in [-0.1, -0.05) is 35.9 Å². The maximum Gasteiger partial charge on any atom is 0.259 e. The van der Waals surface area contributed by atoms with Crippen LogP contribution in [0.1, 0.15) is 16.1 Å². The molecule has 0 fully saturated rings. The van der Waals surface area contributed by atoms with Crippen molar-refractivity contribution in [3.05, 3.63) is 64.8 Å². The number of hydrogen-bond donors (Lipinski definition) is 2. The number of aryl methyl sites for hydroxylation is 1. The molecule has 6 heteroatoms. The number of nitrogens with one attached hydrogen (secondary N) is 2. The summed E-state index contributed by atoms with van der Waals surface area (Å²) in [6.07, 6.45) is 0. The zero-order valence-corrected chi connectivity index (χ0v) is 14.0. The second-order valence-electron chi connectivity index (χ2n) is 5.24. The number of aromatic nitrogens is 2. The van der Waals surface area contributed by atoms with E-state index >= 15 is 0 Å². The van der Waals surface area contributed by atoms with Crippen LogP contribution >= 0.6 is 11.6 Å². The van der Waals surface area contributed by atoms with Crippen molar-refractivity contribution in [3.63, 3.8) is 0 Å². The fraction of sp³-hybridized carbons (Fsp3) is 0.111. The Morgan fingerprint density at radius 3 is 2.75 bits per heavy atom. The Bertz CT molecular complexity index is 889. The Labute approximate surface area is 144 Å². The number of H-pyrrole nitrogens is 1. The number of benzene rings is 2. The maximum absolute atomic E-state index is 12.6. The van der Waals surface area contributed by atoms with Gasteiger partial charge in [-0.25, -0.2) is 0 Å². The summed E-state index contributed by atoms with van der Waals surface area (Å²) in [6.45, 7) is 1.85. The molecule has 0 aliphatic carbocycles. The van der Waals surface area contributed by atoms with Gasteiger partial charge in [0.05, 0.1) is 24.1 Å². The molecule has 2 aromatic carbocycles. The van der Waals surface area contributed by atoms with Crippen LogP contribution < -0.4 is 10.1 Å². The molecule has 1 amide bonds. The molecular weight excluding hydrogens is 326 g/mol. The summed E-state index contributed by atoms with van der Waals surface area (Å²) < 4.78 is 5.24. The molecule has 1 aromatic heterocycles. The van der Waals surface area contributed by atoms with Gasteiger partial charge in [0.25, 0.3) is 5.91 Å². The third kappa shape index (κ3) is 3.12. The predicted octanol–water partition coefficient (Wildman–Crippen LogP) is 4.30. The number of carbonyl (C=O) groups excluding carboxylic acids is 1. The summed E-state index contributed by atoms with van der Waals surface area (Å²) in [5, 5.41) is 10.7. The number of carbonyl (C=O) groups is 1. The van der Waals surface area contributed by atoms with E-state index in [-0.39, 0.29) is 5.91 Å². The van der Waals surface area contributed by atoms with Gasteiger partial charge in [0.15, 0.2) is 0 Å². The van der Waals surface area contributed by atoms with Crippen molar-refractivity contribution in [3.8, 4) is 17.0 Å². The number of rotatable bonds is 4. The zero-order valence-electron chi connectivity index (χ0n) is 13.3. The first kappa shape index (κ1) is 16.1. The second-order valence-corrected chi connectivity index (χ2v) is 5.67. The van der Waals surface area contributed by atoms with E-state index in [1.807, 2.05) is 25.1 Å². The molecule has 0 saturated carbocycles. The normalized spacial score (nSPS) is 10.5. The summed E-state index contributed by atoms with van der Waals surface area (Å²) in [5.41, 5.74) is 3.29. The lowest BCUT2D eigenvalue weighted by Crippen LogP contribution is -2.14. The van der Waals surface area contributed by atoms with Crippen molar-refractivity contribution in [1.29, 1.82) is 0 Å².